The SMILES string of the molecule is CCCCCCCCCCON=C1C2=C(C=C(OCC)C1c1ccc(C(=O)O)cc1)C(C)(C)CCC2(C)C. The summed E-state index contributed by atoms with van der Waals surface area (Å²) in [6.07, 6.45) is 14.4. The molecular formula is C33H49NO4. The van der Waals surface area contributed by atoms with Gasteiger partial charge in [-0.3, -0.25) is 0 Å². The lowest BCUT2D eigenvalue weighted by Gasteiger charge is -2.46. The van der Waals surface area contributed by atoms with Gasteiger partial charge in [-0.25, -0.2) is 4.79 Å². The van der Waals surface area contributed by atoms with E-state index in [0.29, 0.717) is 13.2 Å². The van der Waals surface area contributed by atoms with Crippen LogP contribution in [0.4, 0.5) is 0 Å². The van der Waals surface area contributed by atoms with Crippen molar-refractivity contribution in [3.05, 3.63) is 58.4 Å². The van der Waals surface area contributed by atoms with Gasteiger partial charge in [-0.15, -0.1) is 0 Å². The first kappa shape index (κ1) is 30.0. The summed E-state index contributed by atoms with van der Waals surface area (Å²) < 4.78 is 6.24. The molecule has 3 rings (SSSR count). The van der Waals surface area contributed by atoms with Gasteiger partial charge in [0.1, 0.15) is 12.4 Å². The van der Waals surface area contributed by atoms with Gasteiger partial charge in [0, 0.05) is 0 Å². The standard InChI is InChI=1S/C33H49NO4/c1-7-9-10-11-12-13-14-15-22-38-34-30-28(24-16-18-25(19-17-24)31(35)36)27(37-8-2)23-26-29(30)33(5,6)21-20-32(26,3)4/h16-19,23,28H,7-15,20-22H2,1-6H3,(H,35,36). The smallest absolute Gasteiger partial charge is 0.335 e. The minimum absolute atomic E-state index is 0.00385. The Balaban J connectivity index is 1.90. The molecule has 0 fully saturated rings. The number of benzene rings is 1. The molecule has 0 aromatic heterocycles. The van der Waals surface area contributed by atoms with Crippen LogP contribution in [0.3, 0.4) is 0 Å². The van der Waals surface area contributed by atoms with E-state index < -0.39 is 5.97 Å². The summed E-state index contributed by atoms with van der Waals surface area (Å²) in [4.78, 5) is 17.5. The van der Waals surface area contributed by atoms with Crippen molar-refractivity contribution in [2.75, 3.05) is 13.2 Å². The lowest BCUT2D eigenvalue weighted by atomic mass is 9.58. The van der Waals surface area contributed by atoms with Crippen molar-refractivity contribution < 1.29 is 19.5 Å². The van der Waals surface area contributed by atoms with Crippen molar-refractivity contribution in [1.82, 2.24) is 0 Å². The van der Waals surface area contributed by atoms with E-state index in [0.717, 1.165) is 42.7 Å². The number of ether oxygens (including phenoxy) is 1. The third-order valence-electron chi connectivity index (χ3n) is 8.20. The van der Waals surface area contributed by atoms with Gasteiger partial charge in [0.25, 0.3) is 0 Å². The average Bonchev–Trinajstić information content (AvgIpc) is 2.88. The molecule has 5 heteroatoms. The van der Waals surface area contributed by atoms with Crippen molar-refractivity contribution in [3.63, 3.8) is 0 Å². The number of unbranched alkanes of at least 4 members (excludes halogenated alkanes) is 7. The molecule has 1 aromatic carbocycles. The molecule has 2 aliphatic rings. The number of carbonyl (C=O) groups is 1. The molecule has 1 N–H and O–H groups in total. The molecule has 0 amide bonds. The fraction of sp³-hybridized carbons (Fsp3) is 0.636. The number of carboxylic acids is 1. The lowest BCUT2D eigenvalue weighted by molar-refractivity contribution is 0.0697. The van der Waals surface area contributed by atoms with Gasteiger partial charge in [0.2, 0.25) is 0 Å². The average molecular weight is 524 g/mol. The molecule has 0 radical (unpaired) electrons. The second-order valence-corrected chi connectivity index (χ2v) is 12.2. The fourth-order valence-electron chi connectivity index (χ4n) is 5.79. The third-order valence-corrected chi connectivity index (χ3v) is 8.20. The zero-order valence-corrected chi connectivity index (χ0v) is 24.6. The summed E-state index contributed by atoms with van der Waals surface area (Å²) >= 11 is 0. The summed E-state index contributed by atoms with van der Waals surface area (Å²) in [6, 6.07) is 7.11. The van der Waals surface area contributed by atoms with Crippen molar-refractivity contribution in [3.8, 4) is 0 Å². The number of nitrogens with zero attached hydrogens (tertiary/aromatic N) is 1. The zero-order valence-electron chi connectivity index (χ0n) is 24.6. The van der Waals surface area contributed by atoms with Crippen LogP contribution in [0.1, 0.15) is 128 Å². The van der Waals surface area contributed by atoms with Crippen LogP contribution in [0.5, 0.6) is 0 Å². The van der Waals surface area contributed by atoms with Gasteiger partial charge < -0.3 is 14.7 Å². The molecular weight excluding hydrogens is 474 g/mol. The van der Waals surface area contributed by atoms with Crippen LogP contribution < -0.4 is 0 Å². The summed E-state index contributed by atoms with van der Waals surface area (Å²) in [5, 5.41) is 14.3. The maximum Gasteiger partial charge on any atom is 0.335 e. The second-order valence-electron chi connectivity index (χ2n) is 12.2. The summed E-state index contributed by atoms with van der Waals surface area (Å²) in [5.41, 5.74) is 4.63. The number of oxime groups is 1. The molecule has 0 spiro atoms. The van der Waals surface area contributed by atoms with Crippen LogP contribution >= 0.6 is 0 Å². The van der Waals surface area contributed by atoms with Crippen molar-refractivity contribution in [2.45, 2.75) is 112 Å². The molecule has 1 aromatic rings. The Morgan fingerprint density at radius 3 is 2.13 bits per heavy atom. The molecule has 0 saturated heterocycles. The number of carboxylic acid groups (broad SMARTS) is 1. The van der Waals surface area contributed by atoms with E-state index in [2.05, 4.69) is 40.7 Å². The molecule has 1 unspecified atom stereocenters. The maximum atomic E-state index is 11.5. The highest BCUT2D eigenvalue weighted by atomic mass is 16.6. The maximum absolute atomic E-state index is 11.5. The Morgan fingerprint density at radius 1 is 0.921 bits per heavy atom. The Labute approximate surface area is 230 Å². The molecule has 0 bridgehead atoms. The van der Waals surface area contributed by atoms with Crippen LogP contribution in [0.2, 0.25) is 0 Å². The van der Waals surface area contributed by atoms with Crippen molar-refractivity contribution >= 4 is 11.7 Å². The van der Waals surface area contributed by atoms with E-state index in [4.69, 9.17) is 14.7 Å². The predicted octanol–water partition coefficient (Wildman–Crippen LogP) is 9.06. The first-order chi connectivity index (χ1) is 18.1. The molecule has 210 valence electrons. The largest absolute Gasteiger partial charge is 0.497 e. The summed E-state index contributed by atoms with van der Waals surface area (Å²) in [5.74, 6) is -0.304. The Morgan fingerprint density at radius 2 is 1.53 bits per heavy atom. The molecule has 5 nitrogen and oxygen atoms in total. The molecule has 2 aliphatic carbocycles. The fourth-order valence-corrected chi connectivity index (χ4v) is 5.79. The first-order valence-corrected chi connectivity index (χ1v) is 14.8. The minimum atomic E-state index is -0.927. The lowest BCUT2D eigenvalue weighted by Crippen LogP contribution is -2.39. The van der Waals surface area contributed by atoms with E-state index in [-0.39, 0.29) is 22.3 Å². The van der Waals surface area contributed by atoms with Gasteiger partial charge in [-0.05, 0) is 78.4 Å². The second kappa shape index (κ2) is 13.5. The van der Waals surface area contributed by atoms with Crippen molar-refractivity contribution in [1.29, 1.82) is 0 Å². The predicted molar refractivity (Wildman–Crippen MR) is 156 cm³/mol. The highest BCUT2D eigenvalue weighted by molar-refractivity contribution is 6.09. The van der Waals surface area contributed by atoms with Gasteiger partial charge >= 0.3 is 5.97 Å². The Kier molecular flexibility index (Phi) is 10.6. The summed E-state index contributed by atoms with van der Waals surface area (Å²) in [6.45, 7) is 14.6. The topological polar surface area (TPSA) is 68.1 Å². The Hall–Kier alpha value is -2.56. The number of allylic oxidation sites excluding steroid dienone is 4. The van der Waals surface area contributed by atoms with E-state index >= 15 is 0 Å². The minimum Gasteiger partial charge on any atom is -0.497 e. The van der Waals surface area contributed by atoms with Gasteiger partial charge in [-0.1, -0.05) is 90.4 Å². The van der Waals surface area contributed by atoms with Gasteiger partial charge in [-0.2, -0.15) is 0 Å². The number of hydrogen-bond donors (Lipinski definition) is 1. The number of aromatic carboxylic acids is 1. The Bertz CT molecular complexity index is 1030. The van der Waals surface area contributed by atoms with E-state index in [9.17, 15) is 9.90 Å². The van der Waals surface area contributed by atoms with Crippen LogP contribution in [-0.2, 0) is 9.57 Å². The monoisotopic (exact) mass is 523 g/mol. The van der Waals surface area contributed by atoms with Crippen LogP contribution in [0, 0.1) is 10.8 Å². The zero-order chi connectivity index (χ0) is 27.8. The van der Waals surface area contributed by atoms with E-state index in [1.54, 1.807) is 12.1 Å². The highest BCUT2D eigenvalue weighted by Crippen LogP contribution is 2.54. The number of hydrogen-bond acceptors (Lipinski definition) is 4. The normalized spacial score (nSPS) is 21.2. The first-order valence-electron chi connectivity index (χ1n) is 14.8. The molecule has 0 heterocycles. The van der Waals surface area contributed by atoms with Crippen LogP contribution in [-0.4, -0.2) is 30.0 Å². The van der Waals surface area contributed by atoms with E-state index in [1.165, 1.54) is 49.7 Å². The van der Waals surface area contributed by atoms with Gasteiger partial charge in [0.05, 0.1) is 23.8 Å². The van der Waals surface area contributed by atoms with Crippen LogP contribution in [0.15, 0.2) is 52.4 Å². The van der Waals surface area contributed by atoms with E-state index in [1.807, 2.05) is 19.1 Å². The quantitative estimate of drug-likeness (QED) is 0.195. The summed E-state index contributed by atoms with van der Waals surface area (Å²) in [7, 11) is 0. The highest BCUT2D eigenvalue weighted by Gasteiger charge is 2.46. The third kappa shape index (κ3) is 7.30. The van der Waals surface area contributed by atoms with Crippen LogP contribution in [0.25, 0.3) is 0 Å². The molecule has 1 atom stereocenters. The molecule has 38 heavy (non-hydrogen) atoms. The van der Waals surface area contributed by atoms with Gasteiger partial charge in [0.15, 0.2) is 0 Å². The molecule has 0 saturated carbocycles. The molecule has 0 aliphatic heterocycles. The number of rotatable bonds is 14. The van der Waals surface area contributed by atoms with Crippen molar-refractivity contribution in [2.24, 2.45) is 16.0 Å².